The van der Waals surface area contributed by atoms with Crippen LogP contribution in [0.2, 0.25) is 0 Å². The Bertz CT molecular complexity index is 258. The molecule has 13 heavy (non-hydrogen) atoms. The van der Waals surface area contributed by atoms with Crippen molar-refractivity contribution in [3.63, 3.8) is 0 Å². The van der Waals surface area contributed by atoms with Gasteiger partial charge in [-0.3, -0.25) is 4.79 Å². The monoisotopic (exact) mass is 181 g/mol. The van der Waals surface area contributed by atoms with Crippen LogP contribution in [0.4, 0.5) is 0 Å². The third-order valence-electron chi connectivity index (χ3n) is 2.33. The molecule has 0 radical (unpaired) electrons. The number of allylic oxidation sites excluding steroid dienone is 4. The van der Waals surface area contributed by atoms with Crippen molar-refractivity contribution in [2.75, 3.05) is 0 Å². The van der Waals surface area contributed by atoms with Gasteiger partial charge in [-0.15, -0.1) is 0 Å². The van der Waals surface area contributed by atoms with Gasteiger partial charge < -0.3 is 10.8 Å². The fourth-order valence-electron chi connectivity index (χ4n) is 1.51. The van der Waals surface area contributed by atoms with Gasteiger partial charge in [-0.05, 0) is 18.3 Å². The van der Waals surface area contributed by atoms with E-state index in [0.717, 1.165) is 6.42 Å². The minimum absolute atomic E-state index is 0.0907. The summed E-state index contributed by atoms with van der Waals surface area (Å²) in [6, 6.07) is -0.763. The number of hydrogen-bond acceptors (Lipinski definition) is 2. The van der Waals surface area contributed by atoms with E-state index in [4.69, 9.17) is 10.8 Å². The van der Waals surface area contributed by atoms with Crippen LogP contribution < -0.4 is 5.73 Å². The molecule has 0 amide bonds. The molecule has 1 unspecified atom stereocenters. The summed E-state index contributed by atoms with van der Waals surface area (Å²) in [7, 11) is 0. The summed E-state index contributed by atoms with van der Waals surface area (Å²) >= 11 is 0. The van der Waals surface area contributed by atoms with Crippen LogP contribution in [0.25, 0.3) is 0 Å². The van der Waals surface area contributed by atoms with Crippen molar-refractivity contribution in [3.05, 3.63) is 24.3 Å². The Kier molecular flexibility index (Phi) is 2.88. The quantitative estimate of drug-likeness (QED) is 0.690. The molecule has 3 N–H and O–H groups in total. The molecule has 72 valence electrons. The number of rotatable bonds is 3. The third kappa shape index (κ3) is 2.70. The number of carbonyl (C=O) groups is 1. The molecule has 1 aliphatic carbocycles. The number of aliphatic carboxylic acids is 1. The Morgan fingerprint density at radius 2 is 2.38 bits per heavy atom. The van der Waals surface area contributed by atoms with E-state index in [0.29, 0.717) is 6.42 Å². The second-order valence-corrected chi connectivity index (χ2v) is 3.79. The van der Waals surface area contributed by atoms with Gasteiger partial charge in [0.2, 0.25) is 0 Å². The fourth-order valence-corrected chi connectivity index (χ4v) is 1.51. The van der Waals surface area contributed by atoms with Gasteiger partial charge in [0, 0.05) is 0 Å². The zero-order valence-electron chi connectivity index (χ0n) is 7.73. The van der Waals surface area contributed by atoms with Crippen molar-refractivity contribution in [1.82, 2.24) is 0 Å². The Morgan fingerprint density at radius 3 is 2.85 bits per heavy atom. The standard InChI is InChI=1S/C10H15NO2/c1-10(5-3-2-4-6-10)7-8(11)9(12)13/h2-5,8H,6-7,11H2,1H3,(H,12,13)/t8-,10?/m1/s1. The molecule has 0 saturated heterocycles. The van der Waals surface area contributed by atoms with E-state index in [-0.39, 0.29) is 5.41 Å². The highest BCUT2D eigenvalue weighted by molar-refractivity contribution is 5.73. The SMILES string of the molecule is CC1(C[C@@H](N)C(=O)O)C=CC=CC1. The lowest BCUT2D eigenvalue weighted by atomic mass is 9.78. The summed E-state index contributed by atoms with van der Waals surface area (Å²) in [6.45, 7) is 2.02. The second kappa shape index (κ2) is 3.75. The number of carboxylic acids is 1. The van der Waals surface area contributed by atoms with E-state index >= 15 is 0 Å². The van der Waals surface area contributed by atoms with E-state index < -0.39 is 12.0 Å². The topological polar surface area (TPSA) is 63.3 Å². The molecule has 1 aliphatic rings. The van der Waals surface area contributed by atoms with Gasteiger partial charge in [0.1, 0.15) is 6.04 Å². The molecule has 0 aromatic carbocycles. The van der Waals surface area contributed by atoms with Gasteiger partial charge in [0.05, 0.1) is 0 Å². The Balaban J connectivity index is 2.57. The van der Waals surface area contributed by atoms with Crippen molar-refractivity contribution < 1.29 is 9.90 Å². The molecule has 0 heterocycles. The highest BCUT2D eigenvalue weighted by atomic mass is 16.4. The normalized spacial score (nSPS) is 28.8. The molecular formula is C10H15NO2. The molecular weight excluding hydrogens is 166 g/mol. The second-order valence-electron chi connectivity index (χ2n) is 3.79. The molecule has 1 rings (SSSR count). The summed E-state index contributed by atoms with van der Waals surface area (Å²) in [5.74, 6) is -0.927. The van der Waals surface area contributed by atoms with Crippen molar-refractivity contribution in [2.45, 2.75) is 25.8 Å². The van der Waals surface area contributed by atoms with E-state index in [1.54, 1.807) is 0 Å². The molecule has 2 atom stereocenters. The van der Waals surface area contributed by atoms with E-state index in [9.17, 15) is 4.79 Å². The van der Waals surface area contributed by atoms with Gasteiger partial charge in [-0.1, -0.05) is 31.2 Å². The Labute approximate surface area is 77.9 Å². The summed E-state index contributed by atoms with van der Waals surface area (Å²) < 4.78 is 0. The van der Waals surface area contributed by atoms with Gasteiger partial charge in [-0.25, -0.2) is 0 Å². The molecule has 0 bridgehead atoms. The summed E-state index contributed by atoms with van der Waals surface area (Å²) in [6.07, 6.45) is 9.32. The smallest absolute Gasteiger partial charge is 0.320 e. The van der Waals surface area contributed by atoms with Crippen LogP contribution in [0, 0.1) is 5.41 Å². The van der Waals surface area contributed by atoms with Crippen molar-refractivity contribution >= 4 is 5.97 Å². The Hall–Kier alpha value is -1.09. The number of nitrogens with two attached hydrogens (primary N) is 1. The zero-order valence-corrected chi connectivity index (χ0v) is 7.73. The van der Waals surface area contributed by atoms with Crippen LogP contribution in [0.1, 0.15) is 19.8 Å². The largest absolute Gasteiger partial charge is 0.480 e. The molecule has 0 saturated carbocycles. The van der Waals surface area contributed by atoms with E-state index in [2.05, 4.69) is 0 Å². The molecule has 0 aliphatic heterocycles. The highest BCUT2D eigenvalue weighted by Gasteiger charge is 2.26. The molecule has 0 aromatic rings. The van der Waals surface area contributed by atoms with E-state index in [1.807, 2.05) is 31.2 Å². The summed E-state index contributed by atoms with van der Waals surface area (Å²) in [4.78, 5) is 10.5. The summed E-state index contributed by atoms with van der Waals surface area (Å²) in [5, 5.41) is 8.66. The predicted molar refractivity (Wildman–Crippen MR) is 51.2 cm³/mol. The number of carboxylic acid groups (broad SMARTS) is 1. The first-order chi connectivity index (χ1) is 6.03. The molecule has 0 aromatic heterocycles. The maximum absolute atomic E-state index is 10.5. The fraction of sp³-hybridized carbons (Fsp3) is 0.500. The van der Waals surface area contributed by atoms with Crippen molar-refractivity contribution in [3.8, 4) is 0 Å². The van der Waals surface area contributed by atoms with Crippen molar-refractivity contribution in [1.29, 1.82) is 0 Å². The number of hydrogen-bond donors (Lipinski definition) is 2. The average molecular weight is 181 g/mol. The van der Waals surface area contributed by atoms with Crippen LogP contribution in [0.3, 0.4) is 0 Å². The van der Waals surface area contributed by atoms with Crippen LogP contribution in [-0.4, -0.2) is 17.1 Å². The third-order valence-corrected chi connectivity index (χ3v) is 2.33. The summed E-state index contributed by atoms with van der Waals surface area (Å²) in [5.41, 5.74) is 5.38. The first-order valence-corrected chi connectivity index (χ1v) is 4.36. The first kappa shape index (κ1) is 9.99. The van der Waals surface area contributed by atoms with Gasteiger partial charge in [0.15, 0.2) is 0 Å². The van der Waals surface area contributed by atoms with Crippen LogP contribution >= 0.6 is 0 Å². The molecule has 0 fully saturated rings. The lowest BCUT2D eigenvalue weighted by molar-refractivity contribution is -0.139. The maximum Gasteiger partial charge on any atom is 0.320 e. The van der Waals surface area contributed by atoms with Crippen LogP contribution in [0.5, 0.6) is 0 Å². The first-order valence-electron chi connectivity index (χ1n) is 4.36. The highest BCUT2D eigenvalue weighted by Crippen LogP contribution is 2.31. The van der Waals surface area contributed by atoms with Crippen molar-refractivity contribution in [2.24, 2.45) is 11.1 Å². The minimum atomic E-state index is -0.927. The lowest BCUT2D eigenvalue weighted by Gasteiger charge is -2.27. The lowest BCUT2D eigenvalue weighted by Crippen LogP contribution is -2.35. The van der Waals surface area contributed by atoms with Crippen LogP contribution in [-0.2, 0) is 4.79 Å². The van der Waals surface area contributed by atoms with Crippen LogP contribution in [0.15, 0.2) is 24.3 Å². The molecule has 3 heteroatoms. The molecule has 0 spiro atoms. The zero-order chi connectivity index (χ0) is 9.90. The Morgan fingerprint density at radius 1 is 1.69 bits per heavy atom. The van der Waals surface area contributed by atoms with E-state index in [1.165, 1.54) is 0 Å². The van der Waals surface area contributed by atoms with Gasteiger partial charge in [0.25, 0.3) is 0 Å². The predicted octanol–water partition coefficient (Wildman–Crippen LogP) is 1.31. The minimum Gasteiger partial charge on any atom is -0.480 e. The van der Waals surface area contributed by atoms with Gasteiger partial charge >= 0.3 is 5.97 Å². The maximum atomic E-state index is 10.5. The molecule has 3 nitrogen and oxygen atoms in total. The average Bonchev–Trinajstić information content (AvgIpc) is 2.04. The van der Waals surface area contributed by atoms with Gasteiger partial charge in [-0.2, -0.15) is 0 Å².